The van der Waals surface area contributed by atoms with Gasteiger partial charge in [-0.3, -0.25) is 4.98 Å². The van der Waals surface area contributed by atoms with Crippen molar-refractivity contribution in [3.8, 4) is 0 Å². The number of hydrogen-bond donors (Lipinski definition) is 0. The molecule has 0 radical (unpaired) electrons. The summed E-state index contributed by atoms with van der Waals surface area (Å²) in [6.45, 7) is 0. The SMILES string of the molecule is Fc1cc(F)c2ncc(Br)c(Cl)c2c1Br. The summed E-state index contributed by atoms with van der Waals surface area (Å²) in [6.07, 6.45) is 1.37. The molecular weight excluding hydrogens is 355 g/mol. The molecule has 1 heterocycles. The van der Waals surface area contributed by atoms with Crippen molar-refractivity contribution in [3.63, 3.8) is 0 Å². The molecule has 0 N–H and O–H groups in total. The Balaban J connectivity index is 3.04. The predicted molar refractivity (Wildman–Crippen MR) is 62.1 cm³/mol. The van der Waals surface area contributed by atoms with E-state index < -0.39 is 11.6 Å². The standard InChI is InChI=1S/C9H2Br2ClF2N/c10-3-2-15-9-5(14)1-4(13)7(11)6(9)8(3)12/h1-2H. The van der Waals surface area contributed by atoms with Gasteiger partial charge in [0.15, 0.2) is 5.82 Å². The number of fused-ring (bicyclic) bond motifs is 1. The molecule has 0 aliphatic heterocycles. The third-order valence-electron chi connectivity index (χ3n) is 1.88. The quantitative estimate of drug-likeness (QED) is 0.623. The molecule has 0 saturated carbocycles. The van der Waals surface area contributed by atoms with Crippen molar-refractivity contribution < 1.29 is 8.78 Å². The van der Waals surface area contributed by atoms with E-state index in [-0.39, 0.29) is 20.4 Å². The molecule has 15 heavy (non-hydrogen) atoms. The van der Waals surface area contributed by atoms with E-state index in [0.29, 0.717) is 4.47 Å². The first-order valence-electron chi connectivity index (χ1n) is 3.79. The first-order valence-corrected chi connectivity index (χ1v) is 5.76. The van der Waals surface area contributed by atoms with Crippen LogP contribution in [0.4, 0.5) is 8.78 Å². The molecule has 1 aromatic carbocycles. The summed E-state index contributed by atoms with van der Waals surface area (Å²) < 4.78 is 27.2. The second-order valence-electron chi connectivity index (χ2n) is 2.80. The highest BCUT2D eigenvalue weighted by Crippen LogP contribution is 2.36. The lowest BCUT2D eigenvalue weighted by atomic mass is 10.2. The number of aromatic nitrogens is 1. The van der Waals surface area contributed by atoms with E-state index in [1.54, 1.807) is 0 Å². The zero-order valence-corrected chi connectivity index (χ0v) is 10.9. The van der Waals surface area contributed by atoms with Gasteiger partial charge in [0.2, 0.25) is 0 Å². The summed E-state index contributed by atoms with van der Waals surface area (Å²) in [7, 11) is 0. The lowest BCUT2D eigenvalue weighted by molar-refractivity contribution is 0.586. The molecule has 78 valence electrons. The first-order chi connectivity index (χ1) is 7.02. The van der Waals surface area contributed by atoms with Crippen LogP contribution in [0.1, 0.15) is 0 Å². The molecule has 2 aromatic rings. The molecule has 1 nitrogen and oxygen atoms in total. The molecule has 0 bridgehead atoms. The Hall–Kier alpha value is -0.260. The first kappa shape index (κ1) is 11.2. The van der Waals surface area contributed by atoms with Crippen LogP contribution in [0, 0.1) is 11.6 Å². The summed E-state index contributed by atoms with van der Waals surface area (Å²) in [5, 5.41) is 0.453. The van der Waals surface area contributed by atoms with Crippen LogP contribution in [0.2, 0.25) is 5.02 Å². The van der Waals surface area contributed by atoms with E-state index >= 15 is 0 Å². The van der Waals surface area contributed by atoms with Crippen LogP contribution < -0.4 is 0 Å². The lowest BCUT2D eigenvalue weighted by Gasteiger charge is -2.06. The van der Waals surface area contributed by atoms with E-state index in [1.165, 1.54) is 6.20 Å². The zero-order valence-electron chi connectivity index (χ0n) is 6.99. The number of nitrogens with zero attached hydrogens (tertiary/aromatic N) is 1. The molecule has 1 aromatic heterocycles. The van der Waals surface area contributed by atoms with Gasteiger partial charge in [0.05, 0.1) is 14.0 Å². The maximum atomic E-state index is 13.3. The van der Waals surface area contributed by atoms with Crippen LogP contribution in [0.25, 0.3) is 10.9 Å². The van der Waals surface area contributed by atoms with E-state index in [2.05, 4.69) is 36.8 Å². The third-order valence-corrected chi connectivity index (χ3v) is 3.88. The smallest absolute Gasteiger partial charge is 0.152 e. The summed E-state index contributed by atoms with van der Waals surface area (Å²) in [6, 6.07) is 0.768. The van der Waals surface area contributed by atoms with Gasteiger partial charge in [0.1, 0.15) is 11.3 Å². The highest BCUT2D eigenvalue weighted by molar-refractivity contribution is 9.11. The Bertz CT molecular complexity index is 551. The third kappa shape index (κ3) is 1.77. The highest BCUT2D eigenvalue weighted by Gasteiger charge is 2.15. The van der Waals surface area contributed by atoms with Gasteiger partial charge in [-0.1, -0.05) is 11.6 Å². The van der Waals surface area contributed by atoms with E-state index in [0.717, 1.165) is 6.07 Å². The Labute approximate surface area is 106 Å². The minimum atomic E-state index is -0.736. The van der Waals surface area contributed by atoms with Gasteiger partial charge in [-0.2, -0.15) is 0 Å². The second kappa shape index (κ2) is 3.96. The molecule has 6 heteroatoms. The van der Waals surface area contributed by atoms with Crippen molar-refractivity contribution >= 4 is 54.4 Å². The van der Waals surface area contributed by atoms with Crippen molar-refractivity contribution in [1.29, 1.82) is 0 Å². The second-order valence-corrected chi connectivity index (χ2v) is 4.82. The van der Waals surface area contributed by atoms with Gasteiger partial charge in [0.25, 0.3) is 0 Å². The summed E-state index contributed by atoms with van der Waals surface area (Å²) in [5.41, 5.74) is 0.0384. The number of hydrogen-bond acceptors (Lipinski definition) is 1. The summed E-state index contributed by atoms with van der Waals surface area (Å²) >= 11 is 12.1. The van der Waals surface area contributed by atoms with Crippen LogP contribution in [0.5, 0.6) is 0 Å². The Kier molecular flexibility index (Phi) is 2.96. The minimum Gasteiger partial charge on any atom is -0.252 e. The lowest BCUT2D eigenvalue weighted by Crippen LogP contribution is -1.91. The predicted octanol–water partition coefficient (Wildman–Crippen LogP) is 4.69. The number of benzene rings is 1. The Morgan fingerprint density at radius 2 is 1.87 bits per heavy atom. The molecule has 0 unspecified atom stereocenters. The van der Waals surface area contributed by atoms with Gasteiger partial charge >= 0.3 is 0 Å². The topological polar surface area (TPSA) is 12.9 Å². The summed E-state index contributed by atoms with van der Waals surface area (Å²) in [5.74, 6) is -1.44. The van der Waals surface area contributed by atoms with Crippen molar-refractivity contribution in [2.75, 3.05) is 0 Å². The fourth-order valence-corrected chi connectivity index (χ4v) is 2.36. The Morgan fingerprint density at radius 1 is 1.20 bits per heavy atom. The molecule has 2 rings (SSSR count). The van der Waals surface area contributed by atoms with Crippen molar-refractivity contribution in [1.82, 2.24) is 4.98 Å². The molecule has 0 saturated heterocycles. The van der Waals surface area contributed by atoms with E-state index in [9.17, 15) is 8.78 Å². The molecular formula is C9H2Br2ClF2N. The van der Waals surface area contributed by atoms with E-state index in [4.69, 9.17) is 11.6 Å². The normalized spacial score (nSPS) is 11.0. The molecule has 0 spiro atoms. The average Bonchev–Trinajstić information content (AvgIpc) is 2.19. The number of rotatable bonds is 0. The zero-order chi connectivity index (χ0) is 11.2. The van der Waals surface area contributed by atoms with Gasteiger partial charge in [0, 0.05) is 17.6 Å². The summed E-state index contributed by atoms with van der Waals surface area (Å²) in [4.78, 5) is 3.84. The molecule has 0 aliphatic carbocycles. The van der Waals surface area contributed by atoms with Crippen molar-refractivity contribution in [3.05, 3.63) is 37.9 Å². The molecule has 0 aliphatic rings. The van der Waals surface area contributed by atoms with E-state index in [1.807, 2.05) is 0 Å². The Morgan fingerprint density at radius 3 is 2.53 bits per heavy atom. The largest absolute Gasteiger partial charge is 0.252 e. The van der Waals surface area contributed by atoms with Gasteiger partial charge in [-0.05, 0) is 31.9 Å². The van der Waals surface area contributed by atoms with Crippen LogP contribution in [-0.2, 0) is 0 Å². The van der Waals surface area contributed by atoms with Gasteiger partial charge in [-0.15, -0.1) is 0 Å². The van der Waals surface area contributed by atoms with Crippen LogP contribution in [0.15, 0.2) is 21.2 Å². The van der Waals surface area contributed by atoms with Crippen LogP contribution in [-0.4, -0.2) is 4.98 Å². The van der Waals surface area contributed by atoms with Crippen molar-refractivity contribution in [2.45, 2.75) is 0 Å². The van der Waals surface area contributed by atoms with Gasteiger partial charge in [-0.25, -0.2) is 8.78 Å². The monoisotopic (exact) mass is 355 g/mol. The van der Waals surface area contributed by atoms with Crippen LogP contribution >= 0.6 is 43.5 Å². The molecule has 0 atom stereocenters. The maximum Gasteiger partial charge on any atom is 0.152 e. The van der Waals surface area contributed by atoms with Gasteiger partial charge < -0.3 is 0 Å². The fraction of sp³-hybridized carbons (Fsp3) is 0. The molecule has 0 fully saturated rings. The minimum absolute atomic E-state index is 0.0384. The maximum absolute atomic E-state index is 13.3. The average molecular weight is 357 g/mol. The number of halogens is 5. The van der Waals surface area contributed by atoms with Crippen molar-refractivity contribution in [2.24, 2.45) is 0 Å². The van der Waals surface area contributed by atoms with Crippen LogP contribution in [0.3, 0.4) is 0 Å². The molecule has 0 amide bonds. The fourth-order valence-electron chi connectivity index (χ4n) is 1.21. The number of pyridine rings is 1. The highest BCUT2D eigenvalue weighted by atomic mass is 79.9.